The van der Waals surface area contributed by atoms with E-state index in [1.807, 2.05) is 0 Å². The number of nitrogens with one attached hydrogen (secondary N) is 1. The second-order valence-electron chi connectivity index (χ2n) is 6.61. The van der Waals surface area contributed by atoms with Gasteiger partial charge in [0, 0.05) is 18.7 Å². The van der Waals surface area contributed by atoms with E-state index >= 15 is 0 Å². The third kappa shape index (κ3) is 5.61. The number of carbonyl (C=O) groups excluding carboxylic acids is 3. The maximum absolute atomic E-state index is 12.3. The van der Waals surface area contributed by atoms with E-state index in [0.717, 1.165) is 6.26 Å². The summed E-state index contributed by atoms with van der Waals surface area (Å²) in [4.78, 5) is 36.2. The van der Waals surface area contributed by atoms with Crippen LogP contribution in [0, 0.1) is 5.92 Å². The summed E-state index contributed by atoms with van der Waals surface area (Å²) in [6.45, 7) is 3.36. The average molecular weight is 396 g/mol. The standard InChI is InChI=1S/C18H24N2O6S/c1-12(21)15-6-4-5-7-16(15)19-17(22)13(2)26-18(23)14-8-10-20(11-9-14)27(3,24)25/h4-7,13-14H,8-11H2,1-3H3,(H,19,22). The third-order valence-electron chi connectivity index (χ3n) is 4.48. The maximum Gasteiger partial charge on any atom is 0.309 e. The van der Waals surface area contributed by atoms with Crippen LogP contribution >= 0.6 is 0 Å². The number of hydrogen-bond donors (Lipinski definition) is 1. The smallest absolute Gasteiger partial charge is 0.309 e. The fraction of sp³-hybridized carbons (Fsp3) is 0.500. The number of ketones is 1. The van der Waals surface area contributed by atoms with Crippen LogP contribution in [0.15, 0.2) is 24.3 Å². The average Bonchev–Trinajstić information content (AvgIpc) is 2.61. The Bertz CT molecular complexity index is 828. The lowest BCUT2D eigenvalue weighted by atomic mass is 9.98. The SMILES string of the molecule is CC(=O)c1ccccc1NC(=O)C(C)OC(=O)C1CCN(S(C)(=O)=O)CC1. The molecule has 9 heteroatoms. The molecule has 8 nitrogen and oxygen atoms in total. The summed E-state index contributed by atoms with van der Waals surface area (Å²) in [6, 6.07) is 6.58. The number of esters is 1. The van der Waals surface area contributed by atoms with Gasteiger partial charge < -0.3 is 10.1 Å². The minimum absolute atomic E-state index is 0.187. The van der Waals surface area contributed by atoms with Gasteiger partial charge in [0.25, 0.3) is 5.91 Å². The molecule has 0 radical (unpaired) electrons. The first-order chi connectivity index (χ1) is 12.6. The summed E-state index contributed by atoms with van der Waals surface area (Å²) in [7, 11) is -3.27. The first kappa shape index (κ1) is 21.0. The van der Waals surface area contributed by atoms with Gasteiger partial charge in [-0.25, -0.2) is 12.7 Å². The van der Waals surface area contributed by atoms with E-state index < -0.39 is 33.9 Å². The highest BCUT2D eigenvalue weighted by Gasteiger charge is 2.31. The normalized spacial score (nSPS) is 17.1. The Morgan fingerprint density at radius 2 is 1.78 bits per heavy atom. The molecule has 1 heterocycles. The number of rotatable bonds is 6. The summed E-state index contributed by atoms with van der Waals surface area (Å²) in [5.74, 6) is -1.69. The van der Waals surface area contributed by atoms with Gasteiger partial charge >= 0.3 is 5.97 Å². The minimum Gasteiger partial charge on any atom is -0.452 e. The van der Waals surface area contributed by atoms with Crippen molar-refractivity contribution >= 4 is 33.4 Å². The number of ether oxygens (including phenoxy) is 1. The number of hydrogen-bond acceptors (Lipinski definition) is 6. The van der Waals surface area contributed by atoms with Crippen molar-refractivity contribution < 1.29 is 27.5 Å². The molecule has 1 aromatic rings. The van der Waals surface area contributed by atoms with Gasteiger partial charge in [0.2, 0.25) is 10.0 Å². The van der Waals surface area contributed by atoms with Crippen LogP contribution in [0.4, 0.5) is 5.69 Å². The summed E-state index contributed by atoms with van der Waals surface area (Å²) < 4.78 is 29.6. The lowest BCUT2D eigenvalue weighted by molar-refractivity contribution is -0.158. The fourth-order valence-electron chi connectivity index (χ4n) is 2.88. The first-order valence-electron chi connectivity index (χ1n) is 8.66. The molecular formula is C18H24N2O6S. The van der Waals surface area contributed by atoms with Gasteiger partial charge in [-0.15, -0.1) is 0 Å². The molecule has 1 N–H and O–H groups in total. The first-order valence-corrected chi connectivity index (χ1v) is 10.5. The third-order valence-corrected chi connectivity index (χ3v) is 5.79. The van der Waals surface area contributed by atoms with Crippen molar-refractivity contribution in [2.24, 2.45) is 5.92 Å². The number of Topliss-reactive ketones (excluding diaryl/α,β-unsaturated/α-hetero) is 1. The van der Waals surface area contributed by atoms with Crippen molar-refractivity contribution in [3.8, 4) is 0 Å². The zero-order valence-electron chi connectivity index (χ0n) is 15.6. The second-order valence-corrected chi connectivity index (χ2v) is 8.59. The Balaban J connectivity index is 1.91. The van der Waals surface area contributed by atoms with Crippen LogP contribution in [0.5, 0.6) is 0 Å². The van der Waals surface area contributed by atoms with Crippen LogP contribution < -0.4 is 5.32 Å². The summed E-state index contributed by atoms with van der Waals surface area (Å²) in [5, 5.41) is 2.60. The Morgan fingerprint density at radius 1 is 1.19 bits per heavy atom. The molecule has 1 fully saturated rings. The summed E-state index contributed by atoms with van der Waals surface area (Å²) in [6.07, 6.45) is 0.808. The van der Waals surface area contributed by atoms with E-state index in [2.05, 4.69) is 5.32 Å². The zero-order valence-corrected chi connectivity index (χ0v) is 16.4. The van der Waals surface area contributed by atoms with Gasteiger partial charge in [-0.3, -0.25) is 14.4 Å². The number of piperidine rings is 1. The van der Waals surface area contributed by atoms with Crippen LogP contribution in [0.3, 0.4) is 0 Å². The van der Waals surface area contributed by atoms with Gasteiger partial charge in [0.15, 0.2) is 11.9 Å². The van der Waals surface area contributed by atoms with Crippen molar-refractivity contribution in [2.75, 3.05) is 24.7 Å². The zero-order chi connectivity index (χ0) is 20.2. The monoisotopic (exact) mass is 396 g/mol. The molecule has 148 valence electrons. The van der Waals surface area contributed by atoms with Crippen molar-refractivity contribution in [2.45, 2.75) is 32.8 Å². The fourth-order valence-corrected chi connectivity index (χ4v) is 3.75. The molecule has 27 heavy (non-hydrogen) atoms. The van der Waals surface area contributed by atoms with Crippen LogP contribution in [-0.4, -0.2) is 55.8 Å². The minimum atomic E-state index is -3.27. The van der Waals surface area contributed by atoms with Crippen molar-refractivity contribution in [3.05, 3.63) is 29.8 Å². The summed E-state index contributed by atoms with van der Waals surface area (Å²) in [5.41, 5.74) is 0.733. The molecule has 0 saturated carbocycles. The molecule has 1 amide bonds. The Kier molecular flexibility index (Phi) is 6.72. The molecule has 0 bridgehead atoms. The van der Waals surface area contributed by atoms with E-state index in [9.17, 15) is 22.8 Å². The van der Waals surface area contributed by atoms with Gasteiger partial charge in [0.1, 0.15) is 0 Å². The number of anilines is 1. The number of para-hydroxylation sites is 1. The Labute approximate surface area is 158 Å². The predicted molar refractivity (Wildman–Crippen MR) is 99.8 cm³/mol. The van der Waals surface area contributed by atoms with E-state index in [0.29, 0.717) is 24.1 Å². The van der Waals surface area contributed by atoms with E-state index in [1.165, 1.54) is 18.2 Å². The number of carbonyl (C=O) groups is 3. The predicted octanol–water partition coefficient (Wildman–Crippen LogP) is 1.43. The maximum atomic E-state index is 12.3. The molecule has 0 aromatic heterocycles. The van der Waals surface area contributed by atoms with Crippen molar-refractivity contribution in [3.63, 3.8) is 0 Å². The highest BCUT2D eigenvalue weighted by molar-refractivity contribution is 7.88. The largest absolute Gasteiger partial charge is 0.452 e. The van der Waals surface area contributed by atoms with Crippen LogP contribution in [0.1, 0.15) is 37.0 Å². The molecule has 1 unspecified atom stereocenters. The molecule has 2 rings (SSSR count). The van der Waals surface area contributed by atoms with E-state index in [4.69, 9.17) is 4.74 Å². The van der Waals surface area contributed by atoms with Crippen LogP contribution in [0.25, 0.3) is 0 Å². The molecule has 0 spiro atoms. The Morgan fingerprint density at radius 3 is 2.33 bits per heavy atom. The second kappa shape index (κ2) is 8.62. The van der Waals surface area contributed by atoms with Crippen molar-refractivity contribution in [1.82, 2.24) is 4.31 Å². The number of amides is 1. The van der Waals surface area contributed by atoms with Gasteiger partial charge in [-0.05, 0) is 38.8 Å². The number of benzene rings is 1. The molecular weight excluding hydrogens is 372 g/mol. The van der Waals surface area contributed by atoms with Crippen molar-refractivity contribution in [1.29, 1.82) is 0 Å². The molecule has 1 saturated heterocycles. The number of nitrogens with zero attached hydrogens (tertiary/aromatic N) is 1. The Hall–Kier alpha value is -2.26. The topological polar surface area (TPSA) is 110 Å². The lowest BCUT2D eigenvalue weighted by Crippen LogP contribution is -2.41. The quantitative estimate of drug-likeness (QED) is 0.575. The highest BCUT2D eigenvalue weighted by atomic mass is 32.2. The summed E-state index contributed by atoms with van der Waals surface area (Å²) >= 11 is 0. The molecule has 0 aliphatic carbocycles. The van der Waals surface area contributed by atoms with Gasteiger partial charge in [-0.2, -0.15) is 0 Å². The molecule has 1 aliphatic heterocycles. The molecule has 1 aliphatic rings. The van der Waals surface area contributed by atoms with Crippen LogP contribution in [-0.2, 0) is 24.3 Å². The number of sulfonamides is 1. The van der Waals surface area contributed by atoms with E-state index in [-0.39, 0.29) is 18.9 Å². The lowest BCUT2D eigenvalue weighted by Gasteiger charge is -2.29. The van der Waals surface area contributed by atoms with Gasteiger partial charge in [-0.1, -0.05) is 12.1 Å². The molecule has 1 atom stereocenters. The van der Waals surface area contributed by atoms with Crippen LogP contribution in [0.2, 0.25) is 0 Å². The highest BCUT2D eigenvalue weighted by Crippen LogP contribution is 2.21. The van der Waals surface area contributed by atoms with E-state index in [1.54, 1.807) is 24.3 Å². The molecule has 1 aromatic carbocycles. The van der Waals surface area contributed by atoms with Gasteiger partial charge in [0.05, 0.1) is 17.9 Å².